The second-order valence-electron chi connectivity index (χ2n) is 3.86. The van der Waals surface area contributed by atoms with Crippen molar-refractivity contribution in [1.29, 1.82) is 0 Å². The van der Waals surface area contributed by atoms with E-state index >= 15 is 0 Å². The molecule has 0 radical (unpaired) electrons. The number of methoxy groups -OCH3 is 1. The molecule has 0 aliphatic rings. The van der Waals surface area contributed by atoms with Crippen molar-refractivity contribution in [2.75, 3.05) is 30.9 Å². The van der Waals surface area contributed by atoms with Gasteiger partial charge in [-0.15, -0.1) is 0 Å². The van der Waals surface area contributed by atoms with Crippen molar-refractivity contribution in [3.8, 4) is 0 Å². The molecule has 1 rings (SSSR count). The Balaban J connectivity index is 2.41. The zero-order chi connectivity index (χ0) is 11.8. The van der Waals surface area contributed by atoms with Crippen LogP contribution in [0.4, 0.5) is 11.6 Å². The number of hydrogen-bond acceptors (Lipinski definition) is 5. The highest BCUT2D eigenvalue weighted by molar-refractivity contribution is 5.46. The Morgan fingerprint density at radius 2 is 2.06 bits per heavy atom. The van der Waals surface area contributed by atoms with Gasteiger partial charge >= 0.3 is 0 Å². The van der Waals surface area contributed by atoms with Crippen molar-refractivity contribution in [2.45, 2.75) is 26.3 Å². The molecule has 16 heavy (non-hydrogen) atoms. The summed E-state index contributed by atoms with van der Waals surface area (Å²) in [6.07, 6.45) is 2.52. The van der Waals surface area contributed by atoms with Crippen molar-refractivity contribution >= 4 is 11.6 Å². The summed E-state index contributed by atoms with van der Waals surface area (Å²) in [5.41, 5.74) is 0. The summed E-state index contributed by atoms with van der Waals surface area (Å²) in [5, 5.41) is 6.45. The first-order valence-corrected chi connectivity index (χ1v) is 5.53. The molecule has 90 valence electrons. The second kappa shape index (κ2) is 7.00. The van der Waals surface area contributed by atoms with Crippen LogP contribution in [-0.2, 0) is 4.74 Å². The maximum Gasteiger partial charge on any atom is 0.131 e. The van der Waals surface area contributed by atoms with Crippen molar-refractivity contribution in [3.63, 3.8) is 0 Å². The van der Waals surface area contributed by atoms with Crippen LogP contribution in [0.1, 0.15) is 20.3 Å². The molecule has 0 aliphatic carbocycles. The predicted molar refractivity (Wildman–Crippen MR) is 65.8 cm³/mol. The lowest BCUT2D eigenvalue weighted by atomic mass is 10.4. The van der Waals surface area contributed by atoms with Gasteiger partial charge in [0.25, 0.3) is 0 Å². The van der Waals surface area contributed by atoms with Gasteiger partial charge < -0.3 is 15.4 Å². The molecule has 0 saturated carbocycles. The van der Waals surface area contributed by atoms with E-state index in [-0.39, 0.29) is 0 Å². The van der Waals surface area contributed by atoms with Gasteiger partial charge in [-0.2, -0.15) is 0 Å². The summed E-state index contributed by atoms with van der Waals surface area (Å²) < 4.78 is 4.97. The van der Waals surface area contributed by atoms with Crippen LogP contribution in [0.25, 0.3) is 0 Å². The van der Waals surface area contributed by atoms with Gasteiger partial charge in [-0.25, -0.2) is 9.97 Å². The van der Waals surface area contributed by atoms with Gasteiger partial charge in [0.1, 0.15) is 18.0 Å². The van der Waals surface area contributed by atoms with Crippen LogP contribution in [0.15, 0.2) is 12.4 Å². The molecule has 0 saturated heterocycles. The fraction of sp³-hybridized carbons (Fsp3) is 0.636. The third kappa shape index (κ3) is 4.93. The monoisotopic (exact) mass is 224 g/mol. The summed E-state index contributed by atoms with van der Waals surface area (Å²) in [6, 6.07) is 2.28. The second-order valence-corrected chi connectivity index (χ2v) is 3.86. The number of anilines is 2. The first-order valence-electron chi connectivity index (χ1n) is 5.53. The third-order valence-corrected chi connectivity index (χ3v) is 1.93. The zero-order valence-electron chi connectivity index (χ0n) is 10.2. The average molecular weight is 224 g/mol. The molecule has 5 nitrogen and oxygen atoms in total. The van der Waals surface area contributed by atoms with Gasteiger partial charge in [-0.1, -0.05) is 0 Å². The van der Waals surface area contributed by atoms with Gasteiger partial charge in [-0.05, 0) is 20.3 Å². The van der Waals surface area contributed by atoms with E-state index in [4.69, 9.17) is 4.74 Å². The molecule has 0 atom stereocenters. The number of rotatable bonds is 7. The van der Waals surface area contributed by atoms with Gasteiger partial charge in [0, 0.05) is 32.4 Å². The number of aromatic nitrogens is 2. The van der Waals surface area contributed by atoms with Crippen LogP contribution in [0, 0.1) is 0 Å². The average Bonchev–Trinajstić information content (AvgIpc) is 2.24. The summed E-state index contributed by atoms with van der Waals surface area (Å²) in [6.45, 7) is 5.77. The molecule has 1 aromatic rings. The predicted octanol–water partition coefficient (Wildman–Crippen LogP) is 1.75. The number of nitrogens with one attached hydrogen (secondary N) is 2. The van der Waals surface area contributed by atoms with E-state index in [2.05, 4.69) is 34.4 Å². The molecule has 5 heteroatoms. The van der Waals surface area contributed by atoms with E-state index in [9.17, 15) is 0 Å². The van der Waals surface area contributed by atoms with E-state index in [1.807, 2.05) is 6.07 Å². The molecular weight excluding hydrogens is 204 g/mol. The fourth-order valence-electron chi connectivity index (χ4n) is 1.26. The molecule has 0 bridgehead atoms. The van der Waals surface area contributed by atoms with Crippen LogP contribution in [0.3, 0.4) is 0 Å². The number of hydrogen-bond donors (Lipinski definition) is 2. The standard InChI is InChI=1S/C11H20N4O/c1-9(2)15-11-7-10(13-8-14-11)12-5-4-6-16-3/h7-9H,4-6H2,1-3H3,(H2,12,13,14,15). The Morgan fingerprint density at radius 1 is 1.31 bits per heavy atom. The van der Waals surface area contributed by atoms with Crippen molar-refractivity contribution in [1.82, 2.24) is 9.97 Å². The fourth-order valence-corrected chi connectivity index (χ4v) is 1.26. The van der Waals surface area contributed by atoms with Crippen LogP contribution < -0.4 is 10.6 Å². The van der Waals surface area contributed by atoms with E-state index < -0.39 is 0 Å². The minimum absolute atomic E-state index is 0.372. The van der Waals surface area contributed by atoms with E-state index in [1.54, 1.807) is 13.4 Å². The largest absolute Gasteiger partial charge is 0.385 e. The summed E-state index contributed by atoms with van der Waals surface area (Å²) in [4.78, 5) is 8.28. The maximum absolute atomic E-state index is 4.97. The van der Waals surface area contributed by atoms with E-state index in [0.717, 1.165) is 31.2 Å². The molecular formula is C11H20N4O. The minimum Gasteiger partial charge on any atom is -0.385 e. The topological polar surface area (TPSA) is 59.1 Å². The Kier molecular flexibility index (Phi) is 5.56. The highest BCUT2D eigenvalue weighted by atomic mass is 16.5. The van der Waals surface area contributed by atoms with Gasteiger partial charge in [0.05, 0.1) is 0 Å². The summed E-state index contributed by atoms with van der Waals surface area (Å²) >= 11 is 0. The molecule has 0 aromatic carbocycles. The minimum atomic E-state index is 0.372. The summed E-state index contributed by atoms with van der Waals surface area (Å²) in [5.74, 6) is 1.69. The lowest BCUT2D eigenvalue weighted by molar-refractivity contribution is 0.198. The Hall–Kier alpha value is -1.36. The molecule has 1 heterocycles. The van der Waals surface area contributed by atoms with Crippen molar-refractivity contribution < 1.29 is 4.74 Å². The highest BCUT2D eigenvalue weighted by Gasteiger charge is 1.99. The van der Waals surface area contributed by atoms with Crippen molar-refractivity contribution in [3.05, 3.63) is 12.4 Å². The first kappa shape index (κ1) is 12.7. The number of ether oxygens (including phenoxy) is 1. The SMILES string of the molecule is COCCCNc1cc(NC(C)C)ncn1. The first-order chi connectivity index (χ1) is 7.72. The van der Waals surface area contributed by atoms with Crippen molar-refractivity contribution in [2.24, 2.45) is 0 Å². The van der Waals surface area contributed by atoms with Crippen LogP contribution in [0.2, 0.25) is 0 Å². The van der Waals surface area contributed by atoms with E-state index in [0.29, 0.717) is 6.04 Å². The van der Waals surface area contributed by atoms with Gasteiger partial charge in [-0.3, -0.25) is 0 Å². The smallest absolute Gasteiger partial charge is 0.131 e. The molecule has 2 N–H and O–H groups in total. The molecule has 1 aromatic heterocycles. The Labute approximate surface area is 96.6 Å². The van der Waals surface area contributed by atoms with E-state index in [1.165, 1.54) is 0 Å². The third-order valence-electron chi connectivity index (χ3n) is 1.93. The zero-order valence-corrected chi connectivity index (χ0v) is 10.2. The maximum atomic E-state index is 4.97. The highest BCUT2D eigenvalue weighted by Crippen LogP contribution is 2.09. The van der Waals surface area contributed by atoms with Gasteiger partial charge in [0.2, 0.25) is 0 Å². The molecule has 0 fully saturated rings. The Bertz CT molecular complexity index is 304. The molecule has 0 unspecified atom stereocenters. The van der Waals surface area contributed by atoms with Crippen LogP contribution >= 0.6 is 0 Å². The van der Waals surface area contributed by atoms with Crippen LogP contribution in [-0.4, -0.2) is 36.3 Å². The Morgan fingerprint density at radius 3 is 2.75 bits per heavy atom. The number of nitrogens with zero attached hydrogens (tertiary/aromatic N) is 2. The molecule has 0 spiro atoms. The summed E-state index contributed by atoms with van der Waals surface area (Å²) in [7, 11) is 1.70. The quantitative estimate of drug-likeness (QED) is 0.691. The lowest BCUT2D eigenvalue weighted by Crippen LogP contribution is -2.12. The normalized spacial score (nSPS) is 10.5. The van der Waals surface area contributed by atoms with Gasteiger partial charge in [0.15, 0.2) is 0 Å². The lowest BCUT2D eigenvalue weighted by Gasteiger charge is -2.10. The van der Waals surface area contributed by atoms with Crippen LogP contribution in [0.5, 0.6) is 0 Å². The molecule has 0 amide bonds. The molecule has 0 aliphatic heterocycles.